The Morgan fingerprint density at radius 3 is 2.56 bits per heavy atom. The molecule has 0 aliphatic carbocycles. The number of hydrogen-bond acceptors (Lipinski definition) is 5. The lowest BCUT2D eigenvalue weighted by molar-refractivity contribution is -0.138. The molecule has 1 rings (SSSR count). The van der Waals surface area contributed by atoms with E-state index in [1.807, 2.05) is 25.9 Å². The molecule has 0 aliphatic rings. The first-order chi connectivity index (χ1) is 11.8. The number of halogens is 1. The van der Waals surface area contributed by atoms with Crippen molar-refractivity contribution < 1.29 is 24.2 Å². The molecule has 8 heteroatoms. The Labute approximate surface area is 152 Å². The van der Waals surface area contributed by atoms with Crippen molar-refractivity contribution in [3.05, 3.63) is 22.7 Å². The summed E-state index contributed by atoms with van der Waals surface area (Å²) in [6.45, 7) is 3.75. The van der Waals surface area contributed by atoms with Crippen LogP contribution < -0.4 is 14.8 Å². The fourth-order valence-corrected chi connectivity index (χ4v) is 2.25. The smallest absolute Gasteiger partial charge is 0.303 e. The summed E-state index contributed by atoms with van der Waals surface area (Å²) in [4.78, 5) is 24.1. The van der Waals surface area contributed by atoms with Crippen molar-refractivity contribution in [2.75, 3.05) is 33.9 Å². The third-order valence-corrected chi connectivity index (χ3v) is 3.49. The van der Waals surface area contributed by atoms with Crippen molar-refractivity contribution in [3.63, 3.8) is 0 Å². The van der Waals surface area contributed by atoms with Crippen LogP contribution in [0.25, 0.3) is 0 Å². The highest BCUT2D eigenvalue weighted by molar-refractivity contribution is 6.32. The Balaban J connectivity index is 2.75. The zero-order valence-corrected chi connectivity index (χ0v) is 15.6. The molecule has 0 heterocycles. The fraction of sp³-hybridized carbons (Fsp3) is 0.529. The van der Waals surface area contributed by atoms with Crippen molar-refractivity contribution in [3.8, 4) is 11.5 Å². The minimum atomic E-state index is -1.00. The number of benzene rings is 1. The largest absolute Gasteiger partial charge is 0.490 e. The van der Waals surface area contributed by atoms with E-state index in [0.29, 0.717) is 29.7 Å². The number of rotatable bonds is 11. The average Bonchev–Trinajstić information content (AvgIpc) is 2.53. The molecule has 0 bridgehead atoms. The summed E-state index contributed by atoms with van der Waals surface area (Å²) in [6, 6.07) is 3.46. The van der Waals surface area contributed by atoms with Crippen LogP contribution in [0.2, 0.25) is 5.02 Å². The Hall–Kier alpha value is -1.99. The van der Waals surface area contributed by atoms with Crippen LogP contribution >= 0.6 is 11.6 Å². The first-order valence-corrected chi connectivity index (χ1v) is 8.42. The quantitative estimate of drug-likeness (QED) is 0.619. The fourth-order valence-electron chi connectivity index (χ4n) is 1.97. The normalized spacial score (nSPS) is 10.6. The maximum atomic E-state index is 11.6. The molecular formula is C17H25ClN2O5. The maximum absolute atomic E-state index is 11.6. The SMILES string of the molecule is CCOc1cc(CNC(=O)CCC(=O)O)cc(Cl)c1OCCN(C)C. The van der Waals surface area contributed by atoms with E-state index < -0.39 is 5.97 Å². The van der Waals surface area contributed by atoms with Crippen molar-refractivity contribution in [2.24, 2.45) is 0 Å². The van der Waals surface area contributed by atoms with Crippen LogP contribution in [0.1, 0.15) is 25.3 Å². The number of carboxylic acids is 1. The summed E-state index contributed by atoms with van der Waals surface area (Å²) in [5.41, 5.74) is 0.747. The molecule has 0 spiro atoms. The van der Waals surface area contributed by atoms with Gasteiger partial charge in [0.1, 0.15) is 6.61 Å². The van der Waals surface area contributed by atoms with Gasteiger partial charge in [-0.05, 0) is 38.7 Å². The lowest BCUT2D eigenvalue weighted by Crippen LogP contribution is -2.23. The average molecular weight is 373 g/mol. The number of aliphatic carboxylic acids is 1. The molecule has 0 saturated carbocycles. The number of amides is 1. The number of nitrogens with one attached hydrogen (secondary N) is 1. The van der Waals surface area contributed by atoms with Gasteiger partial charge in [0.2, 0.25) is 5.91 Å². The van der Waals surface area contributed by atoms with E-state index in [0.717, 1.165) is 12.1 Å². The molecule has 1 aromatic rings. The second kappa shape index (κ2) is 10.8. The van der Waals surface area contributed by atoms with E-state index in [1.165, 1.54) is 0 Å². The molecule has 0 unspecified atom stereocenters. The minimum Gasteiger partial charge on any atom is -0.490 e. The number of carboxylic acid groups (broad SMARTS) is 1. The third kappa shape index (κ3) is 8.09. The van der Waals surface area contributed by atoms with E-state index in [9.17, 15) is 9.59 Å². The number of ether oxygens (including phenoxy) is 2. The first-order valence-electron chi connectivity index (χ1n) is 8.04. The van der Waals surface area contributed by atoms with Gasteiger partial charge in [0.15, 0.2) is 11.5 Å². The highest BCUT2D eigenvalue weighted by Crippen LogP contribution is 2.36. The van der Waals surface area contributed by atoms with Crippen LogP contribution in [-0.4, -0.2) is 55.7 Å². The Bertz CT molecular complexity index is 593. The van der Waals surface area contributed by atoms with Crippen LogP contribution in [0, 0.1) is 0 Å². The zero-order valence-electron chi connectivity index (χ0n) is 14.8. The highest BCUT2D eigenvalue weighted by Gasteiger charge is 2.13. The number of hydrogen-bond donors (Lipinski definition) is 2. The van der Waals surface area contributed by atoms with Gasteiger partial charge in [0.25, 0.3) is 0 Å². The lowest BCUT2D eigenvalue weighted by Gasteiger charge is -2.17. The van der Waals surface area contributed by atoms with E-state index in [4.69, 9.17) is 26.2 Å². The number of nitrogens with zero attached hydrogens (tertiary/aromatic N) is 1. The second-order valence-electron chi connectivity index (χ2n) is 5.66. The first kappa shape index (κ1) is 21.1. The minimum absolute atomic E-state index is 0.0624. The van der Waals surface area contributed by atoms with Crippen molar-refractivity contribution >= 4 is 23.5 Å². The Morgan fingerprint density at radius 1 is 1.24 bits per heavy atom. The number of likely N-dealkylation sites (N-methyl/N-ethyl adjacent to an activating group) is 1. The van der Waals surface area contributed by atoms with Crippen LogP contribution in [0.4, 0.5) is 0 Å². The molecule has 140 valence electrons. The van der Waals surface area contributed by atoms with Gasteiger partial charge in [-0.3, -0.25) is 9.59 Å². The summed E-state index contributed by atoms with van der Waals surface area (Å²) in [6.07, 6.45) is -0.261. The van der Waals surface area contributed by atoms with Crippen molar-refractivity contribution in [1.82, 2.24) is 10.2 Å². The van der Waals surface area contributed by atoms with Crippen LogP contribution in [-0.2, 0) is 16.1 Å². The maximum Gasteiger partial charge on any atom is 0.303 e. The molecule has 25 heavy (non-hydrogen) atoms. The molecule has 7 nitrogen and oxygen atoms in total. The van der Waals surface area contributed by atoms with E-state index in [-0.39, 0.29) is 25.3 Å². The predicted molar refractivity (Wildman–Crippen MR) is 95.4 cm³/mol. The van der Waals surface area contributed by atoms with Gasteiger partial charge in [-0.25, -0.2) is 0 Å². The van der Waals surface area contributed by atoms with Crippen molar-refractivity contribution in [1.29, 1.82) is 0 Å². The molecule has 0 fully saturated rings. The molecule has 2 N–H and O–H groups in total. The summed E-state index contributed by atoms with van der Waals surface area (Å²) < 4.78 is 11.3. The molecule has 0 aromatic heterocycles. The summed E-state index contributed by atoms with van der Waals surface area (Å²) in [7, 11) is 3.90. The second-order valence-corrected chi connectivity index (χ2v) is 6.07. The molecule has 0 aliphatic heterocycles. The van der Waals surface area contributed by atoms with Gasteiger partial charge in [-0.2, -0.15) is 0 Å². The monoisotopic (exact) mass is 372 g/mol. The lowest BCUT2D eigenvalue weighted by atomic mass is 10.2. The molecule has 0 radical (unpaired) electrons. The van der Waals surface area contributed by atoms with Gasteiger partial charge < -0.3 is 24.8 Å². The third-order valence-electron chi connectivity index (χ3n) is 3.21. The molecule has 0 atom stereocenters. The molecule has 1 aromatic carbocycles. The standard InChI is InChI=1S/C17H25ClN2O5/c1-4-24-14-10-12(11-19-15(21)5-6-16(22)23)9-13(18)17(14)25-8-7-20(2)3/h9-10H,4-8,11H2,1-3H3,(H,19,21)(H,22,23). The van der Waals surface area contributed by atoms with E-state index in [2.05, 4.69) is 5.32 Å². The molecular weight excluding hydrogens is 348 g/mol. The molecule has 1 amide bonds. The van der Waals surface area contributed by atoms with Gasteiger partial charge in [-0.15, -0.1) is 0 Å². The number of carbonyl (C=O) groups excluding carboxylic acids is 1. The summed E-state index contributed by atoms with van der Waals surface area (Å²) in [5, 5.41) is 11.7. The molecule has 0 saturated heterocycles. The highest BCUT2D eigenvalue weighted by atomic mass is 35.5. The van der Waals surface area contributed by atoms with Crippen LogP contribution in [0.15, 0.2) is 12.1 Å². The van der Waals surface area contributed by atoms with Gasteiger partial charge in [-0.1, -0.05) is 11.6 Å². The summed E-state index contributed by atoms with van der Waals surface area (Å²) >= 11 is 6.29. The van der Waals surface area contributed by atoms with Crippen LogP contribution in [0.3, 0.4) is 0 Å². The topological polar surface area (TPSA) is 88.1 Å². The number of carbonyl (C=O) groups is 2. The van der Waals surface area contributed by atoms with Crippen LogP contribution in [0.5, 0.6) is 11.5 Å². The van der Waals surface area contributed by atoms with Gasteiger partial charge in [0, 0.05) is 19.5 Å². The van der Waals surface area contributed by atoms with E-state index >= 15 is 0 Å². The van der Waals surface area contributed by atoms with Gasteiger partial charge >= 0.3 is 5.97 Å². The summed E-state index contributed by atoms with van der Waals surface area (Å²) in [5.74, 6) is -0.339. The Morgan fingerprint density at radius 2 is 1.96 bits per heavy atom. The Kier molecular flexibility index (Phi) is 9.08. The zero-order chi connectivity index (χ0) is 18.8. The van der Waals surface area contributed by atoms with Crippen molar-refractivity contribution in [2.45, 2.75) is 26.3 Å². The van der Waals surface area contributed by atoms with Gasteiger partial charge in [0.05, 0.1) is 18.1 Å². The van der Waals surface area contributed by atoms with E-state index in [1.54, 1.807) is 12.1 Å². The predicted octanol–water partition coefficient (Wildman–Crippen LogP) is 2.16.